The Bertz CT molecular complexity index is 1010. The Morgan fingerprint density at radius 1 is 1.17 bits per heavy atom. The van der Waals surface area contributed by atoms with Gasteiger partial charge in [-0.25, -0.2) is 8.42 Å². The first kappa shape index (κ1) is 22.2. The molecule has 3 rings (SSSR count). The summed E-state index contributed by atoms with van der Waals surface area (Å²) in [5.41, 5.74) is 2.09. The number of nitrogens with zero attached hydrogens (tertiary/aromatic N) is 5. The van der Waals surface area contributed by atoms with Crippen molar-refractivity contribution in [3.8, 4) is 0 Å². The Balaban J connectivity index is 1.69. The van der Waals surface area contributed by atoms with E-state index >= 15 is 0 Å². The summed E-state index contributed by atoms with van der Waals surface area (Å²) in [7, 11) is -1.82. The van der Waals surface area contributed by atoms with Crippen molar-refractivity contribution in [2.24, 2.45) is 0 Å². The fraction of sp³-hybridized carbons (Fsp3) is 0.526. The monoisotopic (exact) mass is 436 g/mol. The van der Waals surface area contributed by atoms with Crippen LogP contribution in [-0.4, -0.2) is 72.1 Å². The van der Waals surface area contributed by atoms with E-state index in [4.69, 9.17) is 0 Å². The van der Waals surface area contributed by atoms with Gasteiger partial charge in [0.25, 0.3) is 5.69 Å². The van der Waals surface area contributed by atoms with Gasteiger partial charge in [-0.3, -0.25) is 14.8 Å². The molecule has 10 nitrogen and oxygen atoms in total. The van der Waals surface area contributed by atoms with Gasteiger partial charge in [0, 0.05) is 51.0 Å². The molecule has 1 aromatic heterocycles. The first-order valence-electron chi connectivity index (χ1n) is 9.90. The van der Waals surface area contributed by atoms with E-state index in [0.29, 0.717) is 45.0 Å². The summed E-state index contributed by atoms with van der Waals surface area (Å²) in [5.74, 6) is 0. The lowest BCUT2D eigenvalue weighted by molar-refractivity contribution is -0.384. The van der Waals surface area contributed by atoms with E-state index in [2.05, 4.69) is 10.4 Å². The largest absolute Gasteiger partial charge is 0.379 e. The van der Waals surface area contributed by atoms with E-state index in [-0.39, 0.29) is 10.6 Å². The van der Waals surface area contributed by atoms with Gasteiger partial charge in [0.15, 0.2) is 0 Å². The molecule has 1 saturated heterocycles. The van der Waals surface area contributed by atoms with Crippen molar-refractivity contribution in [2.45, 2.75) is 31.7 Å². The van der Waals surface area contributed by atoms with Crippen LogP contribution in [0.2, 0.25) is 0 Å². The summed E-state index contributed by atoms with van der Waals surface area (Å²) >= 11 is 0. The molecule has 2 aromatic rings. The number of piperazine rings is 1. The molecule has 11 heteroatoms. The zero-order chi connectivity index (χ0) is 21.9. The number of hydrogen-bond donors (Lipinski definition) is 1. The van der Waals surface area contributed by atoms with Crippen molar-refractivity contribution < 1.29 is 13.3 Å². The molecule has 0 unspecified atom stereocenters. The quantitative estimate of drug-likeness (QED) is 0.382. The highest BCUT2D eigenvalue weighted by Crippen LogP contribution is 2.29. The molecule has 1 aliphatic rings. The molecule has 1 aliphatic heterocycles. The van der Waals surface area contributed by atoms with E-state index in [9.17, 15) is 18.5 Å². The number of benzene rings is 1. The van der Waals surface area contributed by atoms with E-state index < -0.39 is 14.9 Å². The highest BCUT2D eigenvalue weighted by Gasteiger charge is 2.29. The van der Waals surface area contributed by atoms with Crippen LogP contribution in [-0.2, 0) is 16.6 Å². The van der Waals surface area contributed by atoms with Crippen LogP contribution in [0.5, 0.6) is 0 Å². The molecule has 0 bridgehead atoms. The van der Waals surface area contributed by atoms with Crippen LogP contribution >= 0.6 is 0 Å². The van der Waals surface area contributed by atoms with Crippen LogP contribution in [0, 0.1) is 24.0 Å². The van der Waals surface area contributed by atoms with Gasteiger partial charge < -0.3 is 10.2 Å². The second kappa shape index (κ2) is 9.11. The maximum Gasteiger partial charge on any atom is 0.293 e. The predicted octanol–water partition coefficient (Wildman–Crippen LogP) is 1.85. The smallest absolute Gasteiger partial charge is 0.293 e. The second-order valence-corrected chi connectivity index (χ2v) is 9.51. The molecule has 0 spiro atoms. The summed E-state index contributed by atoms with van der Waals surface area (Å²) in [6.45, 7) is 7.13. The summed E-state index contributed by atoms with van der Waals surface area (Å²) in [4.78, 5) is 13.0. The number of aryl methyl sites for hydroxylation is 3. The SMILES string of the molecule is Cc1cc(C)n(CCCNc2ccc(S(=O)(=O)N3CCN(C)CC3)cc2[N+](=O)[O-])n1. The van der Waals surface area contributed by atoms with Crippen LogP contribution in [0.3, 0.4) is 0 Å². The zero-order valence-corrected chi connectivity index (χ0v) is 18.4. The Hall–Kier alpha value is -2.50. The maximum absolute atomic E-state index is 12.9. The lowest BCUT2D eigenvalue weighted by Gasteiger charge is -2.31. The molecule has 0 radical (unpaired) electrons. The third-order valence-electron chi connectivity index (χ3n) is 5.23. The van der Waals surface area contributed by atoms with Crippen molar-refractivity contribution in [3.63, 3.8) is 0 Å². The van der Waals surface area contributed by atoms with Gasteiger partial charge in [-0.05, 0) is 45.5 Å². The summed E-state index contributed by atoms with van der Waals surface area (Å²) in [6, 6.07) is 6.06. The van der Waals surface area contributed by atoms with Crippen LogP contribution < -0.4 is 5.32 Å². The maximum atomic E-state index is 12.9. The number of nitro groups is 1. The lowest BCUT2D eigenvalue weighted by Crippen LogP contribution is -2.47. The number of nitrogens with one attached hydrogen (secondary N) is 1. The van der Waals surface area contributed by atoms with Gasteiger partial charge in [0.1, 0.15) is 5.69 Å². The van der Waals surface area contributed by atoms with Crippen LogP contribution in [0.4, 0.5) is 11.4 Å². The first-order valence-corrected chi connectivity index (χ1v) is 11.3. The van der Waals surface area contributed by atoms with Crippen molar-refractivity contribution in [3.05, 3.63) is 45.8 Å². The summed E-state index contributed by atoms with van der Waals surface area (Å²) < 4.78 is 29.1. The second-order valence-electron chi connectivity index (χ2n) is 7.57. The average Bonchev–Trinajstić information content (AvgIpc) is 3.02. The topological polar surface area (TPSA) is 114 Å². The number of rotatable bonds is 8. The molecule has 0 aliphatic carbocycles. The Morgan fingerprint density at radius 2 is 1.87 bits per heavy atom. The van der Waals surface area contributed by atoms with E-state index in [1.165, 1.54) is 16.4 Å². The van der Waals surface area contributed by atoms with Crippen LogP contribution in [0.25, 0.3) is 0 Å². The van der Waals surface area contributed by atoms with Crippen LogP contribution in [0.1, 0.15) is 17.8 Å². The van der Waals surface area contributed by atoms with Gasteiger partial charge in [0.05, 0.1) is 15.5 Å². The fourth-order valence-electron chi connectivity index (χ4n) is 3.50. The number of hydrogen-bond acceptors (Lipinski definition) is 7. The lowest BCUT2D eigenvalue weighted by atomic mass is 10.2. The van der Waals surface area contributed by atoms with Gasteiger partial charge in [-0.2, -0.15) is 9.40 Å². The molecule has 164 valence electrons. The van der Waals surface area contributed by atoms with Gasteiger partial charge >= 0.3 is 0 Å². The molecule has 30 heavy (non-hydrogen) atoms. The minimum Gasteiger partial charge on any atom is -0.379 e. The summed E-state index contributed by atoms with van der Waals surface area (Å²) in [6.07, 6.45) is 0.723. The minimum atomic E-state index is -3.76. The number of likely N-dealkylation sites (N-methyl/N-ethyl adjacent to an activating group) is 1. The minimum absolute atomic E-state index is 0.0491. The normalized spacial score (nSPS) is 16.0. The number of aromatic nitrogens is 2. The third-order valence-corrected chi connectivity index (χ3v) is 7.13. The molecule has 1 fully saturated rings. The van der Waals surface area contributed by atoms with Gasteiger partial charge in [-0.1, -0.05) is 0 Å². The molecular weight excluding hydrogens is 408 g/mol. The number of anilines is 1. The van der Waals surface area contributed by atoms with Crippen molar-refractivity contribution >= 4 is 21.4 Å². The Kier molecular flexibility index (Phi) is 6.74. The van der Waals surface area contributed by atoms with Gasteiger partial charge in [-0.15, -0.1) is 0 Å². The van der Waals surface area contributed by atoms with Crippen molar-refractivity contribution in [2.75, 3.05) is 45.1 Å². The first-order chi connectivity index (χ1) is 14.2. The van der Waals surface area contributed by atoms with Gasteiger partial charge in [0.2, 0.25) is 10.0 Å². The van der Waals surface area contributed by atoms with Crippen molar-refractivity contribution in [1.29, 1.82) is 0 Å². The van der Waals surface area contributed by atoms with E-state index in [1.54, 1.807) is 0 Å². The standard InChI is InChI=1S/C19H28N6O4S/c1-15-13-16(2)24(21-15)8-4-7-20-18-6-5-17(14-19(18)25(26)27)30(28,29)23-11-9-22(3)10-12-23/h5-6,13-14,20H,4,7-12H2,1-3H3. The molecule has 0 saturated carbocycles. The van der Waals surface area contributed by atoms with Crippen LogP contribution in [0.15, 0.2) is 29.2 Å². The summed E-state index contributed by atoms with van der Waals surface area (Å²) in [5, 5.41) is 19.0. The highest BCUT2D eigenvalue weighted by atomic mass is 32.2. The highest BCUT2D eigenvalue weighted by molar-refractivity contribution is 7.89. The van der Waals surface area contributed by atoms with E-state index in [0.717, 1.165) is 23.9 Å². The number of nitro benzene ring substituents is 1. The third kappa shape index (κ3) is 4.97. The average molecular weight is 437 g/mol. The molecule has 1 aromatic carbocycles. The Labute approximate surface area is 176 Å². The van der Waals surface area contributed by atoms with E-state index in [1.807, 2.05) is 36.5 Å². The molecule has 0 amide bonds. The fourth-order valence-corrected chi connectivity index (χ4v) is 4.95. The molecule has 0 atom stereocenters. The molecule has 1 N–H and O–H groups in total. The molecular formula is C19H28N6O4S. The number of sulfonamides is 1. The molecule has 2 heterocycles. The predicted molar refractivity (Wildman–Crippen MR) is 114 cm³/mol. The Morgan fingerprint density at radius 3 is 2.47 bits per heavy atom. The zero-order valence-electron chi connectivity index (χ0n) is 17.5. The van der Waals surface area contributed by atoms with Crippen molar-refractivity contribution in [1.82, 2.24) is 19.0 Å².